The molecule has 104 valence electrons. The Kier molecular flexibility index (Phi) is 4.37. The number of halogens is 1. The van der Waals surface area contributed by atoms with Crippen LogP contribution in [0.25, 0.3) is 0 Å². The summed E-state index contributed by atoms with van der Waals surface area (Å²) in [5.41, 5.74) is 1.83. The van der Waals surface area contributed by atoms with E-state index in [1.54, 1.807) is 6.07 Å². The van der Waals surface area contributed by atoms with Crippen molar-refractivity contribution >= 4 is 11.6 Å². The third kappa shape index (κ3) is 3.04. The Bertz CT molecular complexity index is 464. The van der Waals surface area contributed by atoms with Gasteiger partial charge in [0.25, 0.3) is 0 Å². The lowest BCUT2D eigenvalue weighted by molar-refractivity contribution is -0.122. The number of hydrogen-bond donors (Lipinski definition) is 2. The molecule has 2 rings (SSSR count). The van der Waals surface area contributed by atoms with Crippen LogP contribution in [-0.4, -0.2) is 31.6 Å². The third-order valence-electron chi connectivity index (χ3n) is 3.42. The second kappa shape index (κ2) is 6.02. The molecule has 1 aromatic rings. The molecule has 0 saturated carbocycles. The highest BCUT2D eigenvalue weighted by Crippen LogP contribution is 2.24. The molecule has 0 aliphatic carbocycles. The Labute approximate surface area is 113 Å². The minimum Gasteiger partial charge on any atom is -0.358 e. The third-order valence-corrected chi connectivity index (χ3v) is 3.42. The highest BCUT2D eigenvalue weighted by atomic mass is 19.1. The van der Waals surface area contributed by atoms with Gasteiger partial charge >= 0.3 is 0 Å². The molecule has 1 aliphatic heterocycles. The molecule has 0 aromatic heterocycles. The minimum atomic E-state index is -0.245. The smallest absolute Gasteiger partial charge is 0.242 e. The van der Waals surface area contributed by atoms with E-state index in [1.165, 1.54) is 12.1 Å². The van der Waals surface area contributed by atoms with Crippen LogP contribution >= 0.6 is 0 Å². The Balaban J connectivity index is 2.29. The number of rotatable bonds is 4. The maximum absolute atomic E-state index is 13.4. The first-order chi connectivity index (χ1) is 9.13. The van der Waals surface area contributed by atoms with Gasteiger partial charge in [0.05, 0.1) is 0 Å². The predicted molar refractivity (Wildman–Crippen MR) is 73.6 cm³/mol. The zero-order chi connectivity index (χ0) is 13.8. The van der Waals surface area contributed by atoms with Gasteiger partial charge in [0.2, 0.25) is 5.91 Å². The van der Waals surface area contributed by atoms with E-state index < -0.39 is 0 Å². The van der Waals surface area contributed by atoms with Crippen molar-refractivity contribution in [1.82, 2.24) is 10.6 Å². The summed E-state index contributed by atoms with van der Waals surface area (Å²) in [6.07, 6.45) is 0. The molecule has 0 spiro atoms. The van der Waals surface area contributed by atoms with Crippen LogP contribution in [0.5, 0.6) is 0 Å². The Hall–Kier alpha value is -1.62. The fourth-order valence-electron chi connectivity index (χ4n) is 2.35. The van der Waals surface area contributed by atoms with Gasteiger partial charge in [-0.1, -0.05) is 6.92 Å². The summed E-state index contributed by atoms with van der Waals surface area (Å²) >= 11 is 0. The van der Waals surface area contributed by atoms with E-state index in [4.69, 9.17) is 0 Å². The summed E-state index contributed by atoms with van der Waals surface area (Å²) in [5, 5.41) is 6.04. The predicted octanol–water partition coefficient (Wildman–Crippen LogP) is 1.26. The number of piperazine rings is 1. The number of anilines is 1. The molecule has 1 amide bonds. The van der Waals surface area contributed by atoms with Crippen LogP contribution in [0, 0.1) is 5.82 Å². The second-order valence-electron chi connectivity index (χ2n) is 4.71. The molecule has 19 heavy (non-hydrogen) atoms. The van der Waals surface area contributed by atoms with Crippen molar-refractivity contribution in [2.45, 2.75) is 26.4 Å². The quantitative estimate of drug-likeness (QED) is 0.861. The highest BCUT2D eigenvalue weighted by Gasteiger charge is 2.26. The van der Waals surface area contributed by atoms with Gasteiger partial charge in [-0.3, -0.25) is 4.79 Å². The number of hydrogen-bond acceptors (Lipinski definition) is 3. The Morgan fingerprint density at radius 3 is 3.05 bits per heavy atom. The second-order valence-corrected chi connectivity index (χ2v) is 4.71. The Morgan fingerprint density at radius 2 is 2.32 bits per heavy atom. The van der Waals surface area contributed by atoms with Gasteiger partial charge in [0, 0.05) is 25.3 Å². The summed E-state index contributed by atoms with van der Waals surface area (Å²) in [4.78, 5) is 13.8. The molecular weight excluding hydrogens is 245 g/mol. The average molecular weight is 265 g/mol. The summed E-state index contributed by atoms with van der Waals surface area (Å²) in [7, 11) is 0. The molecule has 1 unspecified atom stereocenters. The molecule has 1 saturated heterocycles. The first kappa shape index (κ1) is 13.8. The van der Waals surface area contributed by atoms with Crippen molar-refractivity contribution in [2.75, 3.05) is 24.5 Å². The van der Waals surface area contributed by atoms with E-state index in [1.807, 2.05) is 18.7 Å². The molecule has 1 atom stereocenters. The number of benzene rings is 1. The van der Waals surface area contributed by atoms with Crippen molar-refractivity contribution in [3.63, 3.8) is 0 Å². The summed E-state index contributed by atoms with van der Waals surface area (Å²) in [6.45, 7) is 6.68. The molecule has 5 heteroatoms. The molecule has 4 nitrogen and oxygen atoms in total. The zero-order valence-electron chi connectivity index (χ0n) is 11.4. The fourth-order valence-corrected chi connectivity index (χ4v) is 2.35. The van der Waals surface area contributed by atoms with E-state index in [0.717, 1.165) is 24.3 Å². The van der Waals surface area contributed by atoms with Crippen molar-refractivity contribution < 1.29 is 9.18 Å². The van der Waals surface area contributed by atoms with E-state index >= 15 is 0 Å². The first-order valence-corrected chi connectivity index (χ1v) is 6.67. The van der Waals surface area contributed by atoms with Gasteiger partial charge in [-0.05, 0) is 37.2 Å². The fraction of sp³-hybridized carbons (Fsp3) is 0.500. The van der Waals surface area contributed by atoms with E-state index in [2.05, 4.69) is 10.6 Å². The monoisotopic (exact) mass is 265 g/mol. The molecular formula is C14H20FN3O. The minimum absolute atomic E-state index is 0.0185. The van der Waals surface area contributed by atoms with E-state index in [0.29, 0.717) is 13.1 Å². The van der Waals surface area contributed by atoms with Crippen molar-refractivity contribution in [3.8, 4) is 0 Å². The molecule has 1 fully saturated rings. The largest absolute Gasteiger partial charge is 0.358 e. The van der Waals surface area contributed by atoms with Crippen molar-refractivity contribution in [1.29, 1.82) is 0 Å². The lowest BCUT2D eigenvalue weighted by Gasteiger charge is -2.36. The number of carbonyl (C=O) groups excluding carboxylic acids is 1. The maximum atomic E-state index is 13.4. The maximum Gasteiger partial charge on any atom is 0.242 e. The highest BCUT2D eigenvalue weighted by molar-refractivity contribution is 5.86. The summed E-state index contributed by atoms with van der Waals surface area (Å²) in [6, 6.07) is 4.53. The summed E-state index contributed by atoms with van der Waals surface area (Å²) in [5.74, 6) is -0.226. The lowest BCUT2D eigenvalue weighted by atomic mass is 10.1. The van der Waals surface area contributed by atoms with Crippen LogP contribution in [0.15, 0.2) is 18.2 Å². The van der Waals surface area contributed by atoms with Crippen LogP contribution in [0.3, 0.4) is 0 Å². The number of nitrogens with zero attached hydrogens (tertiary/aromatic N) is 1. The summed E-state index contributed by atoms with van der Waals surface area (Å²) < 4.78 is 13.4. The number of nitrogens with one attached hydrogen (secondary N) is 2. The van der Waals surface area contributed by atoms with Crippen LogP contribution in [-0.2, 0) is 11.3 Å². The van der Waals surface area contributed by atoms with E-state index in [9.17, 15) is 9.18 Å². The van der Waals surface area contributed by atoms with Gasteiger partial charge < -0.3 is 15.5 Å². The standard InChI is InChI=1S/C14H20FN3O/c1-3-16-9-11-8-12(15)4-5-13(11)18-7-6-17-14(19)10(18)2/h4-5,8,10,16H,3,6-7,9H2,1-2H3,(H,17,19). The molecule has 2 N–H and O–H groups in total. The normalized spacial score (nSPS) is 19.4. The van der Waals surface area contributed by atoms with Crippen LogP contribution in [0.4, 0.5) is 10.1 Å². The van der Waals surface area contributed by atoms with E-state index in [-0.39, 0.29) is 17.8 Å². The van der Waals surface area contributed by atoms with Gasteiger partial charge in [-0.25, -0.2) is 4.39 Å². The first-order valence-electron chi connectivity index (χ1n) is 6.67. The molecule has 0 radical (unpaired) electrons. The zero-order valence-corrected chi connectivity index (χ0v) is 11.4. The van der Waals surface area contributed by atoms with Gasteiger partial charge in [-0.15, -0.1) is 0 Å². The van der Waals surface area contributed by atoms with Gasteiger partial charge in [0.15, 0.2) is 0 Å². The lowest BCUT2D eigenvalue weighted by Crippen LogP contribution is -2.54. The van der Waals surface area contributed by atoms with Crippen LogP contribution < -0.4 is 15.5 Å². The topological polar surface area (TPSA) is 44.4 Å². The Morgan fingerprint density at radius 1 is 1.53 bits per heavy atom. The van der Waals surface area contributed by atoms with Crippen molar-refractivity contribution in [3.05, 3.63) is 29.6 Å². The van der Waals surface area contributed by atoms with Gasteiger partial charge in [-0.2, -0.15) is 0 Å². The SMILES string of the molecule is CCNCc1cc(F)ccc1N1CCNC(=O)C1C. The van der Waals surface area contributed by atoms with Crippen molar-refractivity contribution in [2.24, 2.45) is 0 Å². The van der Waals surface area contributed by atoms with Gasteiger partial charge in [0.1, 0.15) is 11.9 Å². The number of carbonyl (C=O) groups is 1. The molecule has 1 aliphatic rings. The van der Waals surface area contributed by atoms with Crippen LogP contribution in [0.2, 0.25) is 0 Å². The van der Waals surface area contributed by atoms with Crippen LogP contribution in [0.1, 0.15) is 19.4 Å². The molecule has 1 heterocycles. The molecule has 0 bridgehead atoms. The average Bonchev–Trinajstić information content (AvgIpc) is 2.40. The molecule has 1 aromatic carbocycles. The number of amides is 1.